The first-order valence-electron chi connectivity index (χ1n) is 9.85. The van der Waals surface area contributed by atoms with E-state index in [1.54, 1.807) is 43.4 Å². The summed E-state index contributed by atoms with van der Waals surface area (Å²) in [6.45, 7) is 1.48. The minimum atomic E-state index is -3.69. The number of benzene rings is 2. The summed E-state index contributed by atoms with van der Waals surface area (Å²) in [6.07, 6.45) is 0.597. The molecule has 0 atom stereocenters. The topological polar surface area (TPSA) is 88.2 Å². The second-order valence-corrected chi connectivity index (χ2v) is 9.29. The molecule has 8 nitrogen and oxygen atoms in total. The van der Waals surface area contributed by atoms with Crippen molar-refractivity contribution in [1.29, 1.82) is 0 Å². The largest absolute Gasteiger partial charge is 0.497 e. The Morgan fingerprint density at radius 2 is 1.77 bits per heavy atom. The number of methoxy groups -OCH3 is 2. The lowest BCUT2D eigenvalue weighted by Crippen LogP contribution is -2.53. The van der Waals surface area contributed by atoms with Crippen LogP contribution in [-0.4, -0.2) is 70.6 Å². The van der Waals surface area contributed by atoms with Gasteiger partial charge in [0.2, 0.25) is 10.0 Å². The van der Waals surface area contributed by atoms with E-state index in [4.69, 9.17) is 21.1 Å². The van der Waals surface area contributed by atoms with Crippen molar-refractivity contribution in [2.24, 2.45) is 0 Å². The molecule has 31 heavy (non-hydrogen) atoms. The number of carbonyl (C=O) groups is 1. The Morgan fingerprint density at radius 3 is 2.42 bits per heavy atom. The molecule has 1 heterocycles. The molecule has 1 saturated heterocycles. The molecule has 0 bridgehead atoms. The van der Waals surface area contributed by atoms with Crippen molar-refractivity contribution in [3.05, 3.63) is 53.1 Å². The van der Waals surface area contributed by atoms with Gasteiger partial charge in [0.1, 0.15) is 16.4 Å². The number of urea groups is 1. The maximum atomic E-state index is 12.8. The van der Waals surface area contributed by atoms with Gasteiger partial charge in [0.05, 0.1) is 19.2 Å². The van der Waals surface area contributed by atoms with Crippen LogP contribution in [0.2, 0.25) is 5.02 Å². The van der Waals surface area contributed by atoms with Crippen LogP contribution in [0, 0.1) is 0 Å². The predicted octanol–water partition coefficient (Wildman–Crippen LogP) is 2.62. The monoisotopic (exact) mass is 467 g/mol. The van der Waals surface area contributed by atoms with Crippen LogP contribution in [0.1, 0.15) is 5.56 Å². The first-order chi connectivity index (χ1) is 14.9. The van der Waals surface area contributed by atoms with Gasteiger partial charge < -0.3 is 19.7 Å². The van der Waals surface area contributed by atoms with Crippen molar-refractivity contribution in [3.63, 3.8) is 0 Å². The zero-order valence-corrected chi connectivity index (χ0v) is 19.1. The van der Waals surface area contributed by atoms with Gasteiger partial charge in [-0.15, -0.1) is 0 Å². The number of nitrogens with zero attached hydrogens (tertiary/aromatic N) is 2. The standard InChI is InChI=1S/C21H26ClN3O5S/c1-29-17-8-7-16(19(15-17)30-2)9-10-23-21(26)24-11-13-25(14-12-24)31(27,28)20-6-4-3-5-18(20)22/h3-8,15H,9-14H2,1-2H3,(H,23,26). The van der Waals surface area contributed by atoms with Gasteiger partial charge in [-0.1, -0.05) is 29.8 Å². The Balaban J connectivity index is 1.51. The molecular weight excluding hydrogens is 442 g/mol. The van der Waals surface area contributed by atoms with E-state index in [9.17, 15) is 13.2 Å². The fraction of sp³-hybridized carbons (Fsp3) is 0.381. The van der Waals surface area contributed by atoms with E-state index in [1.807, 2.05) is 12.1 Å². The number of piperazine rings is 1. The summed E-state index contributed by atoms with van der Waals surface area (Å²) in [5.74, 6) is 1.40. The molecule has 1 aliphatic heterocycles. The molecule has 2 amide bonds. The summed E-state index contributed by atoms with van der Waals surface area (Å²) >= 11 is 6.06. The maximum absolute atomic E-state index is 12.8. The van der Waals surface area contributed by atoms with Crippen LogP contribution >= 0.6 is 11.6 Å². The number of hydrogen-bond acceptors (Lipinski definition) is 5. The van der Waals surface area contributed by atoms with Gasteiger partial charge >= 0.3 is 6.03 Å². The third-order valence-corrected chi connectivity index (χ3v) is 7.54. The Kier molecular flexibility index (Phi) is 7.64. The fourth-order valence-corrected chi connectivity index (χ4v) is 5.31. The van der Waals surface area contributed by atoms with E-state index >= 15 is 0 Å². The fourth-order valence-electron chi connectivity index (χ4n) is 3.40. The van der Waals surface area contributed by atoms with Crippen LogP contribution in [0.3, 0.4) is 0 Å². The zero-order chi connectivity index (χ0) is 22.4. The minimum absolute atomic E-state index is 0.0861. The number of ether oxygens (including phenoxy) is 2. The number of nitrogens with one attached hydrogen (secondary N) is 1. The third-order valence-electron chi connectivity index (χ3n) is 5.15. The van der Waals surface area contributed by atoms with Crippen LogP contribution in [0.5, 0.6) is 11.5 Å². The Hall–Kier alpha value is -2.49. The van der Waals surface area contributed by atoms with E-state index in [0.717, 1.165) is 5.56 Å². The lowest BCUT2D eigenvalue weighted by atomic mass is 10.1. The van der Waals surface area contributed by atoms with Crippen LogP contribution in [0.25, 0.3) is 0 Å². The molecule has 0 unspecified atom stereocenters. The Morgan fingerprint density at radius 1 is 1.06 bits per heavy atom. The van der Waals surface area contributed by atoms with Gasteiger partial charge in [0.15, 0.2) is 0 Å². The second kappa shape index (κ2) is 10.2. The molecule has 1 N–H and O–H groups in total. The quantitative estimate of drug-likeness (QED) is 0.676. The molecule has 1 aliphatic rings. The van der Waals surface area contributed by atoms with Gasteiger partial charge in [-0.3, -0.25) is 0 Å². The van der Waals surface area contributed by atoms with E-state index in [1.165, 1.54) is 10.4 Å². The Labute approximate surface area is 187 Å². The number of halogens is 1. The molecule has 0 radical (unpaired) electrons. The molecule has 0 aliphatic carbocycles. The normalized spacial score (nSPS) is 14.9. The number of carbonyl (C=O) groups excluding carboxylic acids is 1. The number of rotatable bonds is 7. The summed E-state index contributed by atoms with van der Waals surface area (Å²) < 4.78 is 37.6. The second-order valence-electron chi connectivity index (χ2n) is 6.98. The Bertz CT molecular complexity index is 1020. The molecule has 2 aromatic rings. The summed E-state index contributed by atoms with van der Waals surface area (Å²) in [7, 11) is -0.508. The lowest BCUT2D eigenvalue weighted by molar-refractivity contribution is 0.172. The average molecular weight is 468 g/mol. The van der Waals surface area contributed by atoms with E-state index < -0.39 is 10.0 Å². The van der Waals surface area contributed by atoms with Gasteiger partial charge in [0.25, 0.3) is 0 Å². The highest BCUT2D eigenvalue weighted by Gasteiger charge is 2.31. The predicted molar refractivity (Wildman–Crippen MR) is 118 cm³/mol. The molecule has 0 aromatic heterocycles. The zero-order valence-electron chi connectivity index (χ0n) is 17.5. The number of sulfonamides is 1. The van der Waals surface area contributed by atoms with Gasteiger partial charge in [-0.2, -0.15) is 4.31 Å². The highest BCUT2D eigenvalue weighted by Crippen LogP contribution is 2.26. The molecule has 1 fully saturated rings. The van der Waals surface area contributed by atoms with Gasteiger partial charge in [0, 0.05) is 38.8 Å². The summed E-state index contributed by atoms with van der Waals surface area (Å²) in [6, 6.07) is 11.7. The molecule has 168 valence electrons. The minimum Gasteiger partial charge on any atom is -0.497 e. The van der Waals surface area contributed by atoms with Gasteiger partial charge in [-0.05, 0) is 30.2 Å². The number of amides is 2. The third kappa shape index (κ3) is 5.41. The highest BCUT2D eigenvalue weighted by atomic mass is 35.5. The molecule has 0 spiro atoms. The van der Waals surface area contributed by atoms with Crippen molar-refractivity contribution in [2.45, 2.75) is 11.3 Å². The average Bonchev–Trinajstić information content (AvgIpc) is 2.79. The van der Waals surface area contributed by atoms with Crippen molar-refractivity contribution in [3.8, 4) is 11.5 Å². The van der Waals surface area contributed by atoms with Gasteiger partial charge in [-0.25, -0.2) is 13.2 Å². The smallest absolute Gasteiger partial charge is 0.317 e. The first-order valence-corrected chi connectivity index (χ1v) is 11.7. The summed E-state index contributed by atoms with van der Waals surface area (Å²) in [5, 5.41) is 3.08. The molecule has 3 rings (SSSR count). The molecular formula is C21H26ClN3O5S. The van der Waals surface area contributed by atoms with Crippen LogP contribution in [0.15, 0.2) is 47.4 Å². The first kappa shape index (κ1) is 23.2. The summed E-state index contributed by atoms with van der Waals surface area (Å²) in [4.78, 5) is 14.2. The number of hydrogen-bond donors (Lipinski definition) is 1. The van der Waals surface area contributed by atoms with Crippen molar-refractivity contribution in [1.82, 2.24) is 14.5 Å². The van der Waals surface area contributed by atoms with E-state index in [-0.39, 0.29) is 29.0 Å². The van der Waals surface area contributed by atoms with E-state index in [0.29, 0.717) is 37.6 Å². The molecule has 2 aromatic carbocycles. The molecule has 0 saturated carbocycles. The lowest BCUT2D eigenvalue weighted by Gasteiger charge is -2.34. The van der Waals surface area contributed by atoms with E-state index in [2.05, 4.69) is 5.32 Å². The maximum Gasteiger partial charge on any atom is 0.317 e. The van der Waals surface area contributed by atoms with Crippen LogP contribution in [-0.2, 0) is 16.4 Å². The van der Waals surface area contributed by atoms with Crippen LogP contribution in [0.4, 0.5) is 4.79 Å². The van der Waals surface area contributed by atoms with Crippen molar-refractivity contribution in [2.75, 3.05) is 46.9 Å². The molecule has 10 heteroatoms. The van der Waals surface area contributed by atoms with Crippen molar-refractivity contribution >= 4 is 27.7 Å². The highest BCUT2D eigenvalue weighted by molar-refractivity contribution is 7.89. The SMILES string of the molecule is COc1ccc(CCNC(=O)N2CCN(S(=O)(=O)c3ccccc3Cl)CC2)c(OC)c1. The van der Waals surface area contributed by atoms with Crippen molar-refractivity contribution < 1.29 is 22.7 Å². The van der Waals surface area contributed by atoms with Crippen LogP contribution < -0.4 is 14.8 Å². The summed E-state index contributed by atoms with van der Waals surface area (Å²) in [5.41, 5.74) is 0.958.